The van der Waals surface area contributed by atoms with Crippen molar-refractivity contribution in [3.63, 3.8) is 0 Å². The van der Waals surface area contributed by atoms with Gasteiger partial charge in [-0.3, -0.25) is 9.98 Å². The van der Waals surface area contributed by atoms with E-state index in [0.717, 1.165) is 5.57 Å². The van der Waals surface area contributed by atoms with Crippen molar-refractivity contribution < 1.29 is 5.11 Å². The number of hydrogen-bond donors (Lipinski definition) is 1. The smallest absolute Gasteiger partial charge is 0.143 e. The molecule has 0 unspecified atom stereocenters. The summed E-state index contributed by atoms with van der Waals surface area (Å²) in [6.45, 7) is 5.18. The lowest BCUT2D eigenvalue weighted by molar-refractivity contribution is 0.332. The van der Waals surface area contributed by atoms with Gasteiger partial charge in [-0.2, -0.15) is 0 Å². The van der Waals surface area contributed by atoms with Crippen molar-refractivity contribution in [2.24, 2.45) is 9.98 Å². The van der Waals surface area contributed by atoms with E-state index in [-0.39, 0.29) is 6.61 Å². The fourth-order valence-corrected chi connectivity index (χ4v) is 1.44. The van der Waals surface area contributed by atoms with Crippen molar-refractivity contribution in [3.05, 3.63) is 21.0 Å². The minimum absolute atomic E-state index is 0.0304. The molecule has 1 N–H and O–H groups in total. The third-order valence-corrected chi connectivity index (χ3v) is 2.73. The highest BCUT2D eigenvalue weighted by Crippen LogP contribution is 2.23. The van der Waals surface area contributed by atoms with Gasteiger partial charge in [0.25, 0.3) is 0 Å². The highest BCUT2D eigenvalue weighted by atomic mass is 35.5. The first-order valence-corrected chi connectivity index (χ1v) is 5.13. The van der Waals surface area contributed by atoms with Gasteiger partial charge >= 0.3 is 0 Å². The molecule has 0 aliphatic rings. The number of halogens is 1. The summed E-state index contributed by atoms with van der Waals surface area (Å²) >= 11 is 7.14. The van der Waals surface area contributed by atoms with Crippen LogP contribution < -0.4 is 0 Å². The molecule has 14 heavy (non-hydrogen) atoms. The van der Waals surface area contributed by atoms with Gasteiger partial charge in [-0.15, -0.1) is 0 Å². The number of allylic oxidation sites excluding steroid dienone is 1. The molecule has 0 saturated heterocycles. The fourth-order valence-electron chi connectivity index (χ4n) is 0.529. The second-order valence-corrected chi connectivity index (χ2v) is 3.71. The Balaban J connectivity index is 4.64. The standard InChI is InChI=1S/C9H13ClN2OS/c1-7(5-13)6-14-8(4-11-2)9(10)12-3/h4,6,13H,3,5H2,1-2H3/b7-6+,9-8+,11-4-. The van der Waals surface area contributed by atoms with Gasteiger partial charge in [0.2, 0.25) is 0 Å². The third-order valence-electron chi connectivity index (χ3n) is 1.22. The minimum Gasteiger partial charge on any atom is -0.392 e. The van der Waals surface area contributed by atoms with Crippen LogP contribution in [0.1, 0.15) is 6.92 Å². The summed E-state index contributed by atoms with van der Waals surface area (Å²) in [4.78, 5) is 8.15. The summed E-state index contributed by atoms with van der Waals surface area (Å²) in [5.74, 6) is 0. The van der Waals surface area contributed by atoms with E-state index in [4.69, 9.17) is 16.7 Å². The van der Waals surface area contributed by atoms with E-state index in [9.17, 15) is 0 Å². The largest absolute Gasteiger partial charge is 0.392 e. The Morgan fingerprint density at radius 1 is 1.64 bits per heavy atom. The second kappa shape index (κ2) is 7.79. The zero-order valence-corrected chi connectivity index (χ0v) is 9.77. The van der Waals surface area contributed by atoms with Crippen LogP contribution in [-0.4, -0.2) is 31.7 Å². The van der Waals surface area contributed by atoms with Crippen LogP contribution in [0.3, 0.4) is 0 Å². The molecule has 0 aromatic carbocycles. The normalized spacial score (nSPS) is 14.4. The van der Waals surface area contributed by atoms with Crippen molar-refractivity contribution in [3.8, 4) is 0 Å². The molecule has 0 heterocycles. The van der Waals surface area contributed by atoms with Gasteiger partial charge in [-0.05, 0) is 24.6 Å². The molecule has 0 atom stereocenters. The molecule has 0 rings (SSSR count). The van der Waals surface area contributed by atoms with Crippen LogP contribution in [0.4, 0.5) is 0 Å². The van der Waals surface area contributed by atoms with Crippen LogP contribution in [0.5, 0.6) is 0 Å². The first-order chi connectivity index (χ1) is 6.65. The van der Waals surface area contributed by atoms with Crippen molar-refractivity contribution in [2.75, 3.05) is 13.7 Å². The molecule has 0 amide bonds. The van der Waals surface area contributed by atoms with Crippen molar-refractivity contribution in [1.82, 2.24) is 0 Å². The van der Waals surface area contributed by atoms with E-state index in [2.05, 4.69) is 16.7 Å². The van der Waals surface area contributed by atoms with Crippen molar-refractivity contribution >= 4 is 36.3 Å². The van der Waals surface area contributed by atoms with Gasteiger partial charge in [0, 0.05) is 13.3 Å². The lowest BCUT2D eigenvalue weighted by Gasteiger charge is -1.99. The van der Waals surface area contributed by atoms with Crippen LogP contribution in [0, 0.1) is 0 Å². The Labute approximate surface area is 93.3 Å². The summed E-state index contributed by atoms with van der Waals surface area (Å²) < 4.78 is 0. The second-order valence-electron chi connectivity index (χ2n) is 2.44. The van der Waals surface area contributed by atoms with E-state index in [1.54, 1.807) is 18.7 Å². The first kappa shape index (κ1) is 13.4. The molecule has 3 nitrogen and oxygen atoms in total. The Hall–Kier alpha value is -0.580. The van der Waals surface area contributed by atoms with Crippen LogP contribution >= 0.6 is 23.4 Å². The number of aliphatic hydroxyl groups is 1. The van der Waals surface area contributed by atoms with E-state index in [1.165, 1.54) is 11.8 Å². The minimum atomic E-state index is 0.0304. The molecule has 5 heteroatoms. The molecule has 0 aromatic rings. The number of hydrogen-bond acceptors (Lipinski definition) is 4. The van der Waals surface area contributed by atoms with Gasteiger partial charge in [0.1, 0.15) is 5.16 Å². The lowest BCUT2D eigenvalue weighted by atomic mass is 10.4. The van der Waals surface area contributed by atoms with E-state index in [1.807, 2.05) is 6.92 Å². The van der Waals surface area contributed by atoms with Gasteiger partial charge in [0.05, 0.1) is 11.5 Å². The molecule has 0 radical (unpaired) electrons. The summed E-state index contributed by atoms with van der Waals surface area (Å²) in [5.41, 5.74) is 0.852. The summed E-state index contributed by atoms with van der Waals surface area (Å²) in [7, 11) is 1.65. The average Bonchev–Trinajstić information content (AvgIpc) is 2.22. The molecule has 0 saturated carbocycles. The van der Waals surface area contributed by atoms with E-state index in [0.29, 0.717) is 10.1 Å². The molecular formula is C9H13ClN2OS. The molecule has 78 valence electrons. The molecule has 0 aliphatic carbocycles. The zero-order chi connectivity index (χ0) is 11.0. The number of thioether (sulfide) groups is 1. The zero-order valence-electron chi connectivity index (χ0n) is 8.20. The SMILES string of the molecule is C=N/C(Cl)=C(\C=N/C)S/C=C(\C)CO. The Morgan fingerprint density at radius 3 is 2.71 bits per heavy atom. The number of aliphatic imine (C=N–C) groups is 2. The quantitative estimate of drug-likeness (QED) is 0.585. The number of nitrogens with zero attached hydrogens (tertiary/aromatic N) is 2. The maximum atomic E-state index is 8.77. The van der Waals surface area contributed by atoms with Gasteiger partial charge in [0.15, 0.2) is 0 Å². The van der Waals surface area contributed by atoms with Crippen molar-refractivity contribution in [2.45, 2.75) is 6.92 Å². The maximum Gasteiger partial charge on any atom is 0.143 e. The number of aliphatic hydroxyl groups excluding tert-OH is 1. The molecule has 0 spiro atoms. The fraction of sp³-hybridized carbons (Fsp3) is 0.333. The van der Waals surface area contributed by atoms with Crippen LogP contribution in [-0.2, 0) is 0 Å². The predicted molar refractivity (Wildman–Crippen MR) is 65.3 cm³/mol. The Kier molecular flexibility index (Phi) is 7.47. The molecule has 0 aliphatic heterocycles. The lowest BCUT2D eigenvalue weighted by Crippen LogP contribution is -1.84. The van der Waals surface area contributed by atoms with E-state index < -0.39 is 0 Å². The average molecular weight is 233 g/mol. The summed E-state index contributed by atoms with van der Waals surface area (Å²) in [5, 5.41) is 10.9. The van der Waals surface area contributed by atoms with Gasteiger partial charge in [-0.25, -0.2) is 0 Å². The monoisotopic (exact) mass is 232 g/mol. The van der Waals surface area contributed by atoms with Gasteiger partial charge < -0.3 is 5.11 Å². The highest BCUT2D eigenvalue weighted by molar-refractivity contribution is 8.06. The summed E-state index contributed by atoms with van der Waals surface area (Å²) in [6.07, 6.45) is 1.60. The van der Waals surface area contributed by atoms with E-state index >= 15 is 0 Å². The number of rotatable bonds is 5. The maximum absolute atomic E-state index is 8.77. The Morgan fingerprint density at radius 2 is 2.29 bits per heavy atom. The first-order valence-electron chi connectivity index (χ1n) is 3.87. The third kappa shape index (κ3) is 5.21. The molecule has 0 fully saturated rings. The molecular weight excluding hydrogens is 220 g/mol. The van der Waals surface area contributed by atoms with Crippen LogP contribution in [0.15, 0.2) is 31.0 Å². The van der Waals surface area contributed by atoms with Crippen molar-refractivity contribution in [1.29, 1.82) is 0 Å². The Bertz CT molecular complexity index is 285. The molecule has 0 bridgehead atoms. The molecule has 0 aromatic heterocycles. The topological polar surface area (TPSA) is 45.0 Å². The predicted octanol–water partition coefficient (Wildman–Crippen LogP) is 2.42. The van der Waals surface area contributed by atoms with Crippen LogP contribution in [0.2, 0.25) is 0 Å². The highest BCUT2D eigenvalue weighted by Gasteiger charge is 1.99. The van der Waals surface area contributed by atoms with Crippen LogP contribution in [0.25, 0.3) is 0 Å². The summed E-state index contributed by atoms with van der Waals surface area (Å²) in [6, 6.07) is 0. The van der Waals surface area contributed by atoms with Gasteiger partial charge in [-0.1, -0.05) is 23.4 Å².